The third-order valence-electron chi connectivity index (χ3n) is 4.78. The molecule has 1 heterocycles. The lowest BCUT2D eigenvalue weighted by molar-refractivity contribution is 0.184. The highest BCUT2D eigenvalue weighted by Gasteiger charge is 2.31. The summed E-state index contributed by atoms with van der Waals surface area (Å²) in [5.74, 6) is 1.48. The quantitative estimate of drug-likeness (QED) is 0.619. The predicted octanol–water partition coefficient (Wildman–Crippen LogP) is 2.23. The van der Waals surface area contributed by atoms with Crippen LogP contribution in [0.5, 0.6) is 0 Å². The monoisotopic (exact) mass is 332 g/mol. The van der Waals surface area contributed by atoms with E-state index in [1.54, 1.807) is 7.11 Å². The van der Waals surface area contributed by atoms with Gasteiger partial charge in [-0.25, -0.2) is 0 Å². The Morgan fingerprint density at radius 1 is 1.29 bits per heavy atom. The highest BCUT2D eigenvalue weighted by atomic mass is 16.5. The van der Waals surface area contributed by atoms with E-state index in [1.807, 2.05) is 13.1 Å². The second kappa shape index (κ2) is 9.04. The van der Waals surface area contributed by atoms with Crippen LogP contribution in [-0.4, -0.2) is 50.2 Å². The Kier molecular flexibility index (Phi) is 7.06. The number of hydrogen-bond donors (Lipinski definition) is 2. The molecule has 2 unspecified atom stereocenters. The predicted molar refractivity (Wildman–Crippen MR) is 100 cm³/mol. The normalized spacial score (nSPS) is 22.2. The summed E-state index contributed by atoms with van der Waals surface area (Å²) in [5.41, 5.74) is 2.45. The molecular formula is C19H32N4O. The van der Waals surface area contributed by atoms with Gasteiger partial charge in [0.15, 0.2) is 5.96 Å². The molecule has 134 valence electrons. The van der Waals surface area contributed by atoms with Crippen molar-refractivity contribution in [2.24, 2.45) is 10.9 Å². The fourth-order valence-electron chi connectivity index (χ4n) is 3.19. The molecule has 0 spiro atoms. The molecule has 0 aliphatic carbocycles. The number of hydrogen-bond acceptors (Lipinski definition) is 3. The minimum atomic E-state index is 0.438. The van der Waals surface area contributed by atoms with E-state index in [9.17, 15) is 0 Å². The highest BCUT2D eigenvalue weighted by Crippen LogP contribution is 2.18. The first kappa shape index (κ1) is 18.7. The van der Waals surface area contributed by atoms with E-state index in [-0.39, 0.29) is 0 Å². The zero-order chi connectivity index (χ0) is 17.5. The first-order valence-electron chi connectivity index (χ1n) is 8.82. The van der Waals surface area contributed by atoms with Crippen molar-refractivity contribution in [2.45, 2.75) is 46.0 Å². The van der Waals surface area contributed by atoms with E-state index < -0.39 is 0 Å². The molecule has 2 N–H and O–H groups in total. The Hall–Kier alpha value is -1.59. The molecule has 0 bridgehead atoms. The van der Waals surface area contributed by atoms with Gasteiger partial charge in [-0.3, -0.25) is 9.89 Å². The third-order valence-corrected chi connectivity index (χ3v) is 4.78. The largest absolute Gasteiger partial charge is 0.380 e. The number of nitrogens with zero attached hydrogens (tertiary/aromatic N) is 2. The van der Waals surface area contributed by atoms with Crippen LogP contribution >= 0.6 is 0 Å². The third kappa shape index (κ3) is 4.95. The van der Waals surface area contributed by atoms with E-state index >= 15 is 0 Å². The zero-order valence-corrected chi connectivity index (χ0v) is 15.7. The Morgan fingerprint density at radius 3 is 2.58 bits per heavy atom. The van der Waals surface area contributed by atoms with Gasteiger partial charge in [0.25, 0.3) is 0 Å². The van der Waals surface area contributed by atoms with Crippen LogP contribution in [0.1, 0.15) is 31.9 Å². The summed E-state index contributed by atoms with van der Waals surface area (Å²) < 4.78 is 5.28. The highest BCUT2D eigenvalue weighted by molar-refractivity contribution is 5.80. The number of methoxy groups -OCH3 is 1. The maximum atomic E-state index is 5.28. The standard InChI is InChI=1S/C19H32N4O/c1-14(2)23-11-15(3)18(12-23)22-19(20-4)21-10-16-8-6-7-9-17(16)13-24-5/h6-9,14-15,18H,10-13H2,1-5H3,(H2,20,21,22). The van der Waals surface area contributed by atoms with Crippen LogP contribution in [0.15, 0.2) is 29.3 Å². The Morgan fingerprint density at radius 2 is 2.00 bits per heavy atom. The number of guanidine groups is 1. The molecule has 1 fully saturated rings. The van der Waals surface area contributed by atoms with Crippen molar-refractivity contribution in [1.29, 1.82) is 0 Å². The molecule has 1 aromatic rings. The van der Waals surface area contributed by atoms with E-state index in [0.717, 1.165) is 25.6 Å². The number of likely N-dealkylation sites (tertiary alicyclic amines) is 1. The summed E-state index contributed by atoms with van der Waals surface area (Å²) in [6, 6.07) is 9.38. The van der Waals surface area contributed by atoms with Gasteiger partial charge in [-0.2, -0.15) is 0 Å². The first-order valence-corrected chi connectivity index (χ1v) is 8.82. The number of benzene rings is 1. The van der Waals surface area contributed by atoms with E-state index in [2.05, 4.69) is 59.5 Å². The summed E-state index contributed by atoms with van der Waals surface area (Å²) >= 11 is 0. The smallest absolute Gasteiger partial charge is 0.191 e. The van der Waals surface area contributed by atoms with Crippen LogP contribution < -0.4 is 10.6 Å². The molecule has 0 aromatic heterocycles. The van der Waals surface area contributed by atoms with Gasteiger partial charge in [-0.1, -0.05) is 31.2 Å². The molecular weight excluding hydrogens is 300 g/mol. The lowest BCUT2D eigenvalue weighted by Gasteiger charge is -2.22. The fraction of sp³-hybridized carbons (Fsp3) is 0.632. The van der Waals surface area contributed by atoms with Crippen LogP contribution in [0, 0.1) is 5.92 Å². The maximum Gasteiger partial charge on any atom is 0.191 e. The molecule has 1 aliphatic rings. The summed E-state index contributed by atoms with van der Waals surface area (Å²) in [6.45, 7) is 10.4. The molecule has 2 rings (SSSR count). The van der Waals surface area contributed by atoms with Crippen LogP contribution in [0.25, 0.3) is 0 Å². The molecule has 0 radical (unpaired) electrons. The number of aliphatic imine (C=N–C) groups is 1. The van der Waals surface area contributed by atoms with Crippen LogP contribution in [-0.2, 0) is 17.9 Å². The Bertz CT molecular complexity index is 544. The van der Waals surface area contributed by atoms with Crippen molar-refractivity contribution < 1.29 is 4.74 Å². The van der Waals surface area contributed by atoms with Gasteiger partial charge in [0.1, 0.15) is 0 Å². The Balaban J connectivity index is 1.92. The van der Waals surface area contributed by atoms with Crippen LogP contribution in [0.3, 0.4) is 0 Å². The van der Waals surface area contributed by atoms with Crippen molar-refractivity contribution in [1.82, 2.24) is 15.5 Å². The fourth-order valence-corrected chi connectivity index (χ4v) is 3.19. The van der Waals surface area contributed by atoms with Crippen LogP contribution in [0.4, 0.5) is 0 Å². The van der Waals surface area contributed by atoms with Crippen molar-refractivity contribution in [3.63, 3.8) is 0 Å². The molecule has 1 aliphatic heterocycles. The minimum Gasteiger partial charge on any atom is -0.380 e. The van der Waals surface area contributed by atoms with Crippen molar-refractivity contribution >= 4 is 5.96 Å². The number of nitrogens with one attached hydrogen (secondary N) is 2. The van der Waals surface area contributed by atoms with E-state index in [0.29, 0.717) is 24.6 Å². The topological polar surface area (TPSA) is 48.9 Å². The molecule has 5 nitrogen and oxygen atoms in total. The minimum absolute atomic E-state index is 0.438. The zero-order valence-electron chi connectivity index (χ0n) is 15.7. The van der Waals surface area contributed by atoms with Crippen molar-refractivity contribution in [2.75, 3.05) is 27.2 Å². The van der Waals surface area contributed by atoms with Gasteiger partial charge < -0.3 is 15.4 Å². The molecule has 5 heteroatoms. The van der Waals surface area contributed by atoms with Gasteiger partial charge in [0.05, 0.1) is 6.61 Å². The van der Waals surface area contributed by atoms with Gasteiger partial charge in [0.2, 0.25) is 0 Å². The SMILES string of the molecule is CN=C(NCc1ccccc1COC)NC1CN(C(C)C)CC1C. The average Bonchev–Trinajstić information content (AvgIpc) is 2.94. The summed E-state index contributed by atoms with van der Waals surface area (Å²) in [7, 11) is 3.56. The van der Waals surface area contributed by atoms with Crippen LogP contribution in [0.2, 0.25) is 0 Å². The molecule has 1 saturated heterocycles. The molecule has 0 saturated carbocycles. The molecule has 2 atom stereocenters. The van der Waals surface area contributed by atoms with Gasteiger partial charge in [0, 0.05) is 45.9 Å². The summed E-state index contributed by atoms with van der Waals surface area (Å²) in [6.07, 6.45) is 0. The molecule has 1 aromatic carbocycles. The number of ether oxygens (including phenoxy) is 1. The molecule has 0 amide bonds. The Labute approximate surface area is 146 Å². The number of rotatable bonds is 6. The van der Waals surface area contributed by atoms with E-state index in [1.165, 1.54) is 11.1 Å². The van der Waals surface area contributed by atoms with Gasteiger partial charge in [-0.05, 0) is 30.9 Å². The van der Waals surface area contributed by atoms with Gasteiger partial charge >= 0.3 is 0 Å². The lowest BCUT2D eigenvalue weighted by Crippen LogP contribution is -2.46. The first-order chi connectivity index (χ1) is 11.5. The second-order valence-electron chi connectivity index (χ2n) is 6.90. The second-order valence-corrected chi connectivity index (χ2v) is 6.90. The van der Waals surface area contributed by atoms with Crippen molar-refractivity contribution in [3.8, 4) is 0 Å². The lowest BCUT2D eigenvalue weighted by atomic mass is 10.1. The summed E-state index contributed by atoms with van der Waals surface area (Å²) in [4.78, 5) is 6.91. The maximum absolute atomic E-state index is 5.28. The molecule has 24 heavy (non-hydrogen) atoms. The van der Waals surface area contributed by atoms with E-state index in [4.69, 9.17) is 4.74 Å². The summed E-state index contributed by atoms with van der Waals surface area (Å²) in [5, 5.41) is 7.03. The average molecular weight is 332 g/mol. The van der Waals surface area contributed by atoms with Crippen molar-refractivity contribution in [3.05, 3.63) is 35.4 Å². The van der Waals surface area contributed by atoms with Gasteiger partial charge in [-0.15, -0.1) is 0 Å².